The van der Waals surface area contributed by atoms with Crippen molar-refractivity contribution < 1.29 is 33.5 Å². The Hall–Kier alpha value is -6.30. The second-order valence-corrected chi connectivity index (χ2v) is 20.3. The first-order valence-corrected chi connectivity index (χ1v) is 25.4. The van der Waals surface area contributed by atoms with Gasteiger partial charge in [-0.15, -0.1) is 23.1 Å². The maximum Gasteiger partial charge on any atom is 0.356 e. The fourth-order valence-electron chi connectivity index (χ4n) is 7.92. The molecule has 2 atom stereocenters. The predicted molar refractivity (Wildman–Crippen MR) is 274 cm³/mol. The summed E-state index contributed by atoms with van der Waals surface area (Å²) in [5.41, 5.74) is 1.77. The number of thiazole rings is 1. The topological polar surface area (TPSA) is 149 Å². The van der Waals surface area contributed by atoms with E-state index in [1.54, 1.807) is 26.2 Å². The number of nitrogens with one attached hydrogen (secondary N) is 2. The Kier molecular flexibility index (Phi) is 14.5. The molecule has 2 aliphatic rings. The number of β-lactam (4-membered cyclic amide) rings is 1. The van der Waals surface area contributed by atoms with E-state index in [1.165, 1.54) is 41.8 Å². The highest BCUT2D eigenvalue weighted by molar-refractivity contribution is 14.1. The molecule has 68 heavy (non-hydrogen) atoms. The number of fused-ring (bicyclic) bond motifs is 1. The minimum absolute atomic E-state index is 0.127. The zero-order chi connectivity index (χ0) is 48.1. The van der Waals surface area contributed by atoms with Gasteiger partial charge in [0.1, 0.15) is 33.9 Å². The molecule has 0 aliphatic carbocycles. The molecule has 0 spiro atoms. The van der Waals surface area contributed by atoms with Gasteiger partial charge in [0.2, 0.25) is 5.60 Å². The number of nitrogens with zero attached hydrogens (tertiary/aromatic N) is 3. The molecule has 1 fully saturated rings. The molecular weight excluding hydrogens is 1010 g/mol. The number of benzene rings is 5. The highest BCUT2D eigenvalue weighted by Crippen LogP contribution is 2.43. The first-order chi connectivity index (χ1) is 32.7. The van der Waals surface area contributed by atoms with Crippen LogP contribution in [0.2, 0.25) is 0 Å². The zero-order valence-electron chi connectivity index (χ0n) is 38.1. The number of hydrogen-bond acceptors (Lipinski definition) is 12. The number of anilines is 1. The Morgan fingerprint density at radius 2 is 1.28 bits per heavy atom. The number of esters is 2. The van der Waals surface area contributed by atoms with Crippen LogP contribution in [0.3, 0.4) is 0 Å². The van der Waals surface area contributed by atoms with Crippen LogP contribution >= 0.6 is 45.7 Å². The molecule has 5 aromatic carbocycles. The summed E-state index contributed by atoms with van der Waals surface area (Å²) in [6, 6.07) is 47.9. The zero-order valence-corrected chi connectivity index (χ0v) is 41.8. The highest BCUT2D eigenvalue weighted by Gasteiger charge is 2.55. The van der Waals surface area contributed by atoms with E-state index in [0.717, 1.165) is 33.4 Å². The number of ether oxygens (including phenoxy) is 2. The minimum atomic E-state index is -1.63. The number of oxime groups is 1. The van der Waals surface area contributed by atoms with Crippen molar-refractivity contribution in [3.05, 3.63) is 202 Å². The Morgan fingerprint density at radius 1 is 0.779 bits per heavy atom. The lowest BCUT2D eigenvalue weighted by Crippen LogP contribution is -2.71. The average Bonchev–Trinajstić information content (AvgIpc) is 3.82. The molecule has 2 amide bonds. The summed E-state index contributed by atoms with van der Waals surface area (Å²) in [6.07, 6.45) is -0.729. The monoisotopic (exact) mass is 1060 g/mol. The number of carbonyl (C=O) groups is 4. The van der Waals surface area contributed by atoms with Crippen molar-refractivity contribution in [2.24, 2.45) is 5.16 Å². The van der Waals surface area contributed by atoms with Gasteiger partial charge < -0.3 is 24.9 Å². The molecule has 2 N–H and O–H groups in total. The molecule has 6 aromatic rings. The largest absolute Gasteiger partial charge is 0.457 e. The number of rotatable bonds is 16. The number of carbonyl (C=O) groups excluding carboxylic acids is 4. The van der Waals surface area contributed by atoms with Crippen LogP contribution in [0, 0.1) is 0 Å². The van der Waals surface area contributed by atoms with Crippen molar-refractivity contribution in [3.8, 4) is 0 Å². The molecule has 0 bridgehead atoms. The smallest absolute Gasteiger partial charge is 0.356 e. The van der Waals surface area contributed by atoms with E-state index < -0.39 is 58.0 Å². The molecule has 15 heteroatoms. The van der Waals surface area contributed by atoms with Crippen LogP contribution in [0.1, 0.15) is 74.2 Å². The summed E-state index contributed by atoms with van der Waals surface area (Å²) in [7, 11) is 0. The van der Waals surface area contributed by atoms with Crippen molar-refractivity contribution in [1.29, 1.82) is 0 Å². The quantitative estimate of drug-likeness (QED) is 0.0183. The molecule has 1 unspecified atom stereocenters. The summed E-state index contributed by atoms with van der Waals surface area (Å²) in [4.78, 5) is 68.8. The molecule has 3 heterocycles. The van der Waals surface area contributed by atoms with Gasteiger partial charge in [0.25, 0.3) is 11.8 Å². The number of hydrogen-bond donors (Lipinski definition) is 2. The first-order valence-electron chi connectivity index (χ1n) is 21.9. The maximum absolute atomic E-state index is 14.7. The molecule has 0 radical (unpaired) electrons. The molecule has 12 nitrogen and oxygen atoms in total. The normalized spacial score (nSPS) is 16.4. The van der Waals surface area contributed by atoms with E-state index >= 15 is 0 Å². The molecule has 0 saturated carbocycles. The van der Waals surface area contributed by atoms with Crippen molar-refractivity contribution in [2.75, 3.05) is 15.5 Å². The van der Waals surface area contributed by atoms with Crippen molar-refractivity contribution in [2.45, 2.75) is 68.9 Å². The van der Waals surface area contributed by atoms with Crippen LogP contribution < -0.4 is 10.6 Å². The van der Waals surface area contributed by atoms with Crippen LogP contribution in [-0.2, 0) is 39.0 Å². The number of thioether (sulfide) groups is 1. The molecular formula is C53H50IN5O7S2. The molecule has 1 aromatic heterocycles. The minimum Gasteiger partial charge on any atom is -0.457 e. The van der Waals surface area contributed by atoms with Gasteiger partial charge in [0, 0.05) is 15.6 Å². The van der Waals surface area contributed by atoms with Crippen molar-refractivity contribution in [1.82, 2.24) is 15.2 Å². The summed E-state index contributed by atoms with van der Waals surface area (Å²) in [5, 5.41) is 12.4. The number of aromatic nitrogens is 1. The standard InChI is InChI=1S/C53H50IN5O7S2/c1-51(2,3)65-49(63)52(4,5)66-58-41(40-33-68-50(55-40)57-53(37-25-15-8-16-26-37,38-27-17-9-18-28-38)39-29-19-10-20-30-39)45(60)56-42-46(61)59-43(36(31-54)32-67-47(42)59)48(62)64-44(34-21-11-6-12-22-34)35-23-13-7-14-24-35/h6-30,33,42,44,47H,31-32H2,1-5H3,(H,55,57)(H,56,60)/b58-41-/t42?,47-/m0/s1. The van der Waals surface area contributed by atoms with Gasteiger partial charge in [0.05, 0.1) is 0 Å². The van der Waals surface area contributed by atoms with E-state index in [9.17, 15) is 19.2 Å². The Bertz CT molecular complexity index is 2680. The third-order valence-corrected chi connectivity index (χ3v) is 14.3. The first kappa shape index (κ1) is 48.2. The van der Waals surface area contributed by atoms with Gasteiger partial charge in [-0.2, -0.15) is 0 Å². The molecule has 8 rings (SSSR count). The van der Waals surface area contributed by atoms with Crippen LogP contribution in [0.4, 0.5) is 5.13 Å². The summed E-state index contributed by atoms with van der Waals surface area (Å²) >= 11 is 4.87. The third-order valence-electron chi connectivity index (χ3n) is 11.3. The van der Waals surface area contributed by atoms with E-state index in [2.05, 4.69) is 38.4 Å². The average molecular weight is 1060 g/mol. The second kappa shape index (κ2) is 20.5. The van der Waals surface area contributed by atoms with Crippen molar-refractivity contribution >= 4 is 80.3 Å². The van der Waals surface area contributed by atoms with Gasteiger partial charge >= 0.3 is 11.9 Å². The van der Waals surface area contributed by atoms with E-state index in [1.807, 2.05) is 152 Å². The van der Waals surface area contributed by atoms with Crippen LogP contribution in [0.5, 0.6) is 0 Å². The lowest BCUT2D eigenvalue weighted by atomic mass is 9.77. The lowest BCUT2D eigenvalue weighted by molar-refractivity contribution is -0.179. The van der Waals surface area contributed by atoms with Gasteiger partial charge in [0.15, 0.2) is 16.9 Å². The van der Waals surface area contributed by atoms with Crippen LogP contribution in [0.25, 0.3) is 0 Å². The van der Waals surface area contributed by atoms with Gasteiger partial charge in [-0.25, -0.2) is 14.6 Å². The van der Waals surface area contributed by atoms with Gasteiger partial charge in [-0.3, -0.25) is 14.5 Å². The molecule has 348 valence electrons. The number of halogens is 1. The fraction of sp³-hybridized carbons (Fsp3) is 0.245. The fourth-order valence-corrected chi connectivity index (χ4v) is 11.0. The SMILES string of the molecule is CC(C)(C)OC(=O)C(C)(C)O/N=C(\C(=O)NC1C(=O)N2C(C(=O)OC(c3ccccc3)c3ccccc3)=C(CI)CS[C@@H]12)c1csc(NC(c2ccccc2)(c2ccccc2)c2ccccc2)n1. The van der Waals surface area contributed by atoms with E-state index in [4.69, 9.17) is 19.3 Å². The summed E-state index contributed by atoms with van der Waals surface area (Å²) in [5.74, 6) is -2.18. The number of amides is 2. The second-order valence-electron chi connectivity index (χ2n) is 17.6. The van der Waals surface area contributed by atoms with Crippen LogP contribution in [-0.4, -0.2) is 72.1 Å². The van der Waals surface area contributed by atoms with Gasteiger partial charge in [-0.05, 0) is 68.0 Å². The molecule has 1 saturated heterocycles. The van der Waals surface area contributed by atoms with Crippen molar-refractivity contribution in [3.63, 3.8) is 0 Å². The van der Waals surface area contributed by atoms with E-state index in [-0.39, 0.29) is 17.1 Å². The number of alkyl halides is 1. The third kappa shape index (κ3) is 10.2. The van der Waals surface area contributed by atoms with E-state index in [0.29, 0.717) is 15.3 Å². The summed E-state index contributed by atoms with van der Waals surface area (Å²) in [6.45, 7) is 8.20. The molecule has 2 aliphatic heterocycles. The maximum atomic E-state index is 14.7. The lowest BCUT2D eigenvalue weighted by Gasteiger charge is -2.49. The Morgan fingerprint density at radius 3 is 1.76 bits per heavy atom. The Balaban J connectivity index is 1.10. The summed E-state index contributed by atoms with van der Waals surface area (Å²) < 4.78 is 12.4. The van der Waals surface area contributed by atoms with Crippen LogP contribution in [0.15, 0.2) is 173 Å². The predicted octanol–water partition coefficient (Wildman–Crippen LogP) is 9.81. The van der Waals surface area contributed by atoms with Gasteiger partial charge in [-0.1, -0.05) is 179 Å². The Labute approximate surface area is 417 Å². The highest BCUT2D eigenvalue weighted by atomic mass is 127.